The van der Waals surface area contributed by atoms with E-state index in [1.54, 1.807) is 18.2 Å². The molecule has 7 heteroatoms. The van der Waals surface area contributed by atoms with E-state index >= 15 is 0 Å². The van der Waals surface area contributed by atoms with E-state index in [2.05, 4.69) is 21.4 Å². The first-order chi connectivity index (χ1) is 10.0. The molecule has 1 aromatic carbocycles. The zero-order chi connectivity index (χ0) is 15.4. The fourth-order valence-electron chi connectivity index (χ4n) is 2.29. The lowest BCUT2D eigenvalue weighted by Crippen LogP contribution is -2.31. The largest absolute Gasteiger partial charge is 0.305 e. The normalized spacial score (nSPS) is 13.5. The number of carbonyl (C=O) groups is 3. The van der Waals surface area contributed by atoms with E-state index in [1.807, 2.05) is 0 Å². The molecule has 0 aromatic heterocycles. The Morgan fingerprint density at radius 1 is 1.24 bits per heavy atom. The standard InChI is InChI=1S/C14H16BrN3O3/c15-9-5-6-10-11(8-9)18(14(21)13(10)20)7-3-1-2-4-12(19)17-16/h5-6,8H,1-4,7,16H2,(H,17,19). The molecule has 112 valence electrons. The van der Waals surface area contributed by atoms with Crippen molar-refractivity contribution in [3.05, 3.63) is 28.2 Å². The van der Waals surface area contributed by atoms with Gasteiger partial charge in [-0.1, -0.05) is 22.4 Å². The molecule has 0 atom stereocenters. The van der Waals surface area contributed by atoms with Crippen molar-refractivity contribution in [2.24, 2.45) is 5.84 Å². The Morgan fingerprint density at radius 2 is 2.00 bits per heavy atom. The number of hydrazine groups is 1. The van der Waals surface area contributed by atoms with Crippen molar-refractivity contribution in [2.75, 3.05) is 11.4 Å². The molecule has 0 radical (unpaired) electrons. The van der Waals surface area contributed by atoms with E-state index < -0.39 is 11.7 Å². The van der Waals surface area contributed by atoms with E-state index in [-0.39, 0.29) is 5.91 Å². The van der Waals surface area contributed by atoms with Gasteiger partial charge in [-0.2, -0.15) is 0 Å². The highest BCUT2D eigenvalue weighted by atomic mass is 79.9. The molecule has 1 aliphatic heterocycles. The monoisotopic (exact) mass is 353 g/mol. The van der Waals surface area contributed by atoms with Gasteiger partial charge in [0.05, 0.1) is 11.3 Å². The van der Waals surface area contributed by atoms with Gasteiger partial charge in [0.25, 0.3) is 11.7 Å². The fraction of sp³-hybridized carbons (Fsp3) is 0.357. The molecule has 2 rings (SSSR count). The average Bonchev–Trinajstić information content (AvgIpc) is 2.70. The van der Waals surface area contributed by atoms with Crippen molar-refractivity contribution >= 4 is 39.2 Å². The summed E-state index contributed by atoms with van der Waals surface area (Å²) in [7, 11) is 0. The molecule has 0 bridgehead atoms. The number of nitrogens with zero attached hydrogens (tertiary/aromatic N) is 1. The van der Waals surface area contributed by atoms with Crippen molar-refractivity contribution in [2.45, 2.75) is 25.7 Å². The van der Waals surface area contributed by atoms with Crippen molar-refractivity contribution in [3.8, 4) is 0 Å². The smallest absolute Gasteiger partial charge is 0.299 e. The molecular weight excluding hydrogens is 338 g/mol. The molecule has 1 aliphatic rings. The van der Waals surface area contributed by atoms with Gasteiger partial charge in [-0.3, -0.25) is 19.8 Å². The number of Topliss-reactive ketones (excluding diaryl/α,β-unsaturated/α-hetero) is 1. The van der Waals surface area contributed by atoms with Crippen LogP contribution in [-0.2, 0) is 9.59 Å². The maximum atomic E-state index is 12.0. The summed E-state index contributed by atoms with van der Waals surface area (Å²) in [6, 6.07) is 5.18. The number of amides is 2. The molecule has 0 unspecified atom stereocenters. The average molecular weight is 354 g/mol. The van der Waals surface area contributed by atoms with E-state index in [1.165, 1.54) is 4.90 Å². The summed E-state index contributed by atoms with van der Waals surface area (Å²) >= 11 is 3.34. The third kappa shape index (κ3) is 3.48. The zero-order valence-electron chi connectivity index (χ0n) is 11.4. The van der Waals surface area contributed by atoms with E-state index in [9.17, 15) is 14.4 Å². The van der Waals surface area contributed by atoms with Crippen LogP contribution in [0.3, 0.4) is 0 Å². The van der Waals surface area contributed by atoms with E-state index in [0.29, 0.717) is 30.6 Å². The number of unbranched alkanes of at least 4 members (excludes halogenated alkanes) is 2. The Bertz CT molecular complexity index is 589. The Hall–Kier alpha value is -1.73. The van der Waals surface area contributed by atoms with Crippen LogP contribution in [-0.4, -0.2) is 24.1 Å². The molecule has 1 aromatic rings. The quantitative estimate of drug-likeness (QED) is 0.266. The number of anilines is 1. The van der Waals surface area contributed by atoms with Crippen molar-refractivity contribution in [3.63, 3.8) is 0 Å². The maximum Gasteiger partial charge on any atom is 0.299 e. The van der Waals surface area contributed by atoms with E-state index in [0.717, 1.165) is 17.3 Å². The third-order valence-corrected chi connectivity index (χ3v) is 3.87. The number of fused-ring (bicyclic) bond motifs is 1. The second kappa shape index (κ2) is 6.82. The summed E-state index contributed by atoms with van der Waals surface area (Å²) in [5.74, 6) is 3.85. The Balaban J connectivity index is 1.92. The van der Waals surface area contributed by atoms with Crippen molar-refractivity contribution in [1.29, 1.82) is 0 Å². The summed E-state index contributed by atoms with van der Waals surface area (Å²) in [5, 5.41) is 0. The van der Waals surface area contributed by atoms with Crippen LogP contribution in [0.2, 0.25) is 0 Å². The number of ketones is 1. The summed E-state index contributed by atoms with van der Waals surface area (Å²) in [4.78, 5) is 36.3. The molecular formula is C14H16BrN3O3. The van der Waals surface area contributed by atoms with Crippen LogP contribution in [0.1, 0.15) is 36.0 Å². The number of benzene rings is 1. The van der Waals surface area contributed by atoms with Crippen LogP contribution < -0.4 is 16.2 Å². The number of nitrogens with two attached hydrogens (primary N) is 1. The van der Waals surface area contributed by atoms with Crippen LogP contribution in [0, 0.1) is 0 Å². The van der Waals surface area contributed by atoms with Crippen LogP contribution >= 0.6 is 15.9 Å². The molecule has 6 nitrogen and oxygen atoms in total. The number of carbonyl (C=O) groups excluding carboxylic acids is 3. The second-order valence-electron chi connectivity index (χ2n) is 4.83. The third-order valence-electron chi connectivity index (χ3n) is 3.38. The molecule has 3 N–H and O–H groups in total. The van der Waals surface area contributed by atoms with Gasteiger partial charge in [0.2, 0.25) is 5.91 Å². The Kier molecular flexibility index (Phi) is 5.08. The van der Waals surface area contributed by atoms with Crippen LogP contribution in [0.15, 0.2) is 22.7 Å². The molecule has 0 saturated carbocycles. The maximum absolute atomic E-state index is 12.0. The molecule has 2 amide bonds. The van der Waals surface area contributed by atoms with Crippen LogP contribution in [0.4, 0.5) is 5.69 Å². The summed E-state index contributed by atoms with van der Waals surface area (Å²) in [6.07, 6.45) is 2.58. The van der Waals surface area contributed by atoms with Crippen molar-refractivity contribution < 1.29 is 14.4 Å². The molecule has 0 spiro atoms. The zero-order valence-corrected chi connectivity index (χ0v) is 13.0. The van der Waals surface area contributed by atoms with Gasteiger partial charge in [0.15, 0.2) is 0 Å². The highest BCUT2D eigenvalue weighted by Crippen LogP contribution is 2.31. The molecule has 0 fully saturated rings. The van der Waals surface area contributed by atoms with Gasteiger partial charge >= 0.3 is 0 Å². The predicted octanol–water partition coefficient (Wildman–Crippen LogP) is 1.53. The number of rotatable bonds is 6. The molecule has 1 heterocycles. The number of nitrogens with one attached hydrogen (secondary N) is 1. The number of hydrogen-bond donors (Lipinski definition) is 2. The first-order valence-corrected chi connectivity index (χ1v) is 7.49. The topological polar surface area (TPSA) is 92.5 Å². The lowest BCUT2D eigenvalue weighted by Gasteiger charge is -2.16. The van der Waals surface area contributed by atoms with Gasteiger partial charge < -0.3 is 4.90 Å². The molecule has 0 saturated heterocycles. The fourth-order valence-corrected chi connectivity index (χ4v) is 2.64. The van der Waals surface area contributed by atoms with Crippen molar-refractivity contribution in [1.82, 2.24) is 5.43 Å². The Labute approximate surface area is 130 Å². The second-order valence-corrected chi connectivity index (χ2v) is 5.74. The minimum Gasteiger partial charge on any atom is -0.305 e. The van der Waals surface area contributed by atoms with Gasteiger partial charge in [0, 0.05) is 17.4 Å². The predicted molar refractivity (Wildman–Crippen MR) is 81.6 cm³/mol. The van der Waals surface area contributed by atoms with Gasteiger partial charge in [-0.15, -0.1) is 0 Å². The highest BCUT2D eigenvalue weighted by Gasteiger charge is 2.35. The Morgan fingerprint density at radius 3 is 2.71 bits per heavy atom. The lowest BCUT2D eigenvalue weighted by atomic mass is 10.1. The summed E-state index contributed by atoms with van der Waals surface area (Å²) < 4.78 is 0.827. The van der Waals surface area contributed by atoms with E-state index in [4.69, 9.17) is 5.84 Å². The minimum absolute atomic E-state index is 0.197. The van der Waals surface area contributed by atoms with Crippen LogP contribution in [0.25, 0.3) is 0 Å². The number of halogens is 1. The highest BCUT2D eigenvalue weighted by molar-refractivity contribution is 9.10. The first kappa shape index (κ1) is 15.7. The van der Waals surface area contributed by atoms with Gasteiger partial charge in [-0.05, 0) is 31.0 Å². The number of hydrogen-bond acceptors (Lipinski definition) is 4. The lowest BCUT2D eigenvalue weighted by molar-refractivity contribution is -0.121. The molecule has 0 aliphatic carbocycles. The SMILES string of the molecule is NNC(=O)CCCCCN1C(=O)C(=O)c2ccc(Br)cc21. The van der Waals surface area contributed by atoms with Gasteiger partial charge in [-0.25, -0.2) is 5.84 Å². The van der Waals surface area contributed by atoms with Gasteiger partial charge in [0.1, 0.15) is 0 Å². The molecule has 21 heavy (non-hydrogen) atoms. The first-order valence-electron chi connectivity index (χ1n) is 6.70. The van der Waals surface area contributed by atoms with Crippen LogP contribution in [0.5, 0.6) is 0 Å². The summed E-state index contributed by atoms with van der Waals surface area (Å²) in [6.45, 7) is 0.471. The summed E-state index contributed by atoms with van der Waals surface area (Å²) in [5.41, 5.74) is 3.18. The minimum atomic E-state index is -0.484.